The molecule has 0 bridgehead atoms. The standard InChI is InChI=1S/C12H26N2O/c1-3-7-13-11-12-6-4-5-8-14(12)9-10-15-2/h12-13H,3-11H2,1-2H3. The van der Waals surface area contributed by atoms with Gasteiger partial charge in [0.05, 0.1) is 6.61 Å². The topological polar surface area (TPSA) is 24.5 Å². The van der Waals surface area contributed by atoms with Crippen molar-refractivity contribution in [3.8, 4) is 0 Å². The minimum atomic E-state index is 0.737. The summed E-state index contributed by atoms with van der Waals surface area (Å²) in [6, 6.07) is 0.737. The Kier molecular flexibility index (Phi) is 6.98. The predicted octanol–water partition coefficient (Wildman–Crippen LogP) is 1.49. The Morgan fingerprint density at radius 3 is 3.00 bits per heavy atom. The average molecular weight is 214 g/mol. The van der Waals surface area contributed by atoms with Crippen molar-refractivity contribution in [1.29, 1.82) is 0 Å². The second-order valence-corrected chi connectivity index (χ2v) is 4.38. The van der Waals surface area contributed by atoms with Crippen LogP contribution in [0.25, 0.3) is 0 Å². The molecular formula is C12H26N2O. The summed E-state index contributed by atoms with van der Waals surface area (Å²) >= 11 is 0. The molecular weight excluding hydrogens is 188 g/mol. The van der Waals surface area contributed by atoms with Crippen LogP contribution in [0.15, 0.2) is 0 Å². The van der Waals surface area contributed by atoms with E-state index in [0.717, 1.165) is 32.3 Å². The van der Waals surface area contributed by atoms with Crippen LogP contribution >= 0.6 is 0 Å². The summed E-state index contributed by atoms with van der Waals surface area (Å²) in [6.45, 7) is 7.73. The molecule has 15 heavy (non-hydrogen) atoms. The van der Waals surface area contributed by atoms with Gasteiger partial charge in [-0.1, -0.05) is 13.3 Å². The smallest absolute Gasteiger partial charge is 0.0589 e. The summed E-state index contributed by atoms with van der Waals surface area (Å²) in [7, 11) is 1.79. The highest BCUT2D eigenvalue weighted by Gasteiger charge is 2.20. The van der Waals surface area contributed by atoms with E-state index in [1.807, 2.05) is 0 Å². The minimum Gasteiger partial charge on any atom is -0.383 e. The number of methoxy groups -OCH3 is 1. The van der Waals surface area contributed by atoms with Crippen LogP contribution in [0, 0.1) is 0 Å². The first kappa shape index (κ1) is 12.9. The summed E-state index contributed by atoms with van der Waals surface area (Å²) in [5.41, 5.74) is 0. The van der Waals surface area contributed by atoms with Gasteiger partial charge in [-0.25, -0.2) is 0 Å². The zero-order chi connectivity index (χ0) is 10.9. The van der Waals surface area contributed by atoms with E-state index >= 15 is 0 Å². The van der Waals surface area contributed by atoms with Gasteiger partial charge in [-0.05, 0) is 32.4 Å². The monoisotopic (exact) mass is 214 g/mol. The molecule has 1 saturated heterocycles. The van der Waals surface area contributed by atoms with Crippen molar-refractivity contribution < 1.29 is 4.74 Å². The fourth-order valence-electron chi connectivity index (χ4n) is 2.24. The zero-order valence-electron chi connectivity index (χ0n) is 10.3. The van der Waals surface area contributed by atoms with Crippen molar-refractivity contribution in [2.24, 2.45) is 0 Å². The number of hydrogen-bond donors (Lipinski definition) is 1. The SMILES string of the molecule is CCCNCC1CCCCN1CCOC. The van der Waals surface area contributed by atoms with E-state index in [1.165, 1.54) is 32.2 Å². The number of hydrogen-bond acceptors (Lipinski definition) is 3. The largest absolute Gasteiger partial charge is 0.383 e. The molecule has 0 aromatic heterocycles. The van der Waals surface area contributed by atoms with Crippen molar-refractivity contribution in [1.82, 2.24) is 10.2 Å². The van der Waals surface area contributed by atoms with Crippen molar-refractivity contribution >= 4 is 0 Å². The van der Waals surface area contributed by atoms with E-state index in [0.29, 0.717) is 0 Å². The molecule has 1 aliphatic rings. The van der Waals surface area contributed by atoms with E-state index in [9.17, 15) is 0 Å². The van der Waals surface area contributed by atoms with Crippen molar-refractivity contribution in [2.75, 3.05) is 39.9 Å². The Bertz CT molecular complexity index is 153. The quantitative estimate of drug-likeness (QED) is 0.650. The zero-order valence-corrected chi connectivity index (χ0v) is 10.3. The number of nitrogens with one attached hydrogen (secondary N) is 1. The van der Waals surface area contributed by atoms with Gasteiger partial charge in [0.1, 0.15) is 0 Å². The van der Waals surface area contributed by atoms with E-state index in [4.69, 9.17) is 4.74 Å². The Balaban J connectivity index is 2.22. The predicted molar refractivity (Wildman–Crippen MR) is 64.2 cm³/mol. The van der Waals surface area contributed by atoms with Gasteiger partial charge in [-0.15, -0.1) is 0 Å². The maximum Gasteiger partial charge on any atom is 0.0589 e. The molecule has 0 aromatic carbocycles. The van der Waals surface area contributed by atoms with Crippen LogP contribution in [0.2, 0.25) is 0 Å². The minimum absolute atomic E-state index is 0.737. The molecule has 0 amide bonds. The van der Waals surface area contributed by atoms with Crippen molar-refractivity contribution in [3.63, 3.8) is 0 Å². The Hall–Kier alpha value is -0.120. The first-order valence-corrected chi connectivity index (χ1v) is 6.32. The van der Waals surface area contributed by atoms with Gasteiger partial charge in [0.2, 0.25) is 0 Å². The molecule has 1 atom stereocenters. The number of piperidine rings is 1. The van der Waals surface area contributed by atoms with E-state index < -0.39 is 0 Å². The molecule has 3 heteroatoms. The third-order valence-electron chi connectivity index (χ3n) is 3.14. The van der Waals surface area contributed by atoms with Gasteiger partial charge in [0, 0.05) is 26.2 Å². The maximum atomic E-state index is 5.16. The van der Waals surface area contributed by atoms with Gasteiger partial charge in [-0.2, -0.15) is 0 Å². The summed E-state index contributed by atoms with van der Waals surface area (Å²) < 4.78 is 5.16. The van der Waals surface area contributed by atoms with Crippen LogP contribution in [0.1, 0.15) is 32.6 Å². The van der Waals surface area contributed by atoms with Crippen LogP contribution < -0.4 is 5.32 Å². The van der Waals surface area contributed by atoms with E-state index in [2.05, 4.69) is 17.1 Å². The number of ether oxygens (including phenoxy) is 1. The molecule has 0 spiro atoms. The molecule has 1 heterocycles. The molecule has 0 aliphatic carbocycles. The molecule has 1 fully saturated rings. The summed E-state index contributed by atoms with van der Waals surface area (Å²) in [5, 5.41) is 3.53. The van der Waals surface area contributed by atoms with E-state index in [1.54, 1.807) is 7.11 Å². The lowest BCUT2D eigenvalue weighted by molar-refractivity contribution is 0.0955. The first-order valence-electron chi connectivity index (χ1n) is 6.32. The molecule has 90 valence electrons. The molecule has 0 aromatic rings. The number of rotatable bonds is 7. The van der Waals surface area contributed by atoms with Crippen molar-refractivity contribution in [3.05, 3.63) is 0 Å². The van der Waals surface area contributed by atoms with Crippen LogP contribution in [-0.4, -0.2) is 50.8 Å². The third-order valence-corrected chi connectivity index (χ3v) is 3.14. The lowest BCUT2D eigenvalue weighted by Gasteiger charge is -2.35. The molecule has 0 radical (unpaired) electrons. The molecule has 1 aliphatic heterocycles. The highest BCUT2D eigenvalue weighted by atomic mass is 16.5. The molecule has 3 nitrogen and oxygen atoms in total. The summed E-state index contributed by atoms with van der Waals surface area (Å²) in [5.74, 6) is 0. The average Bonchev–Trinajstić information content (AvgIpc) is 2.28. The lowest BCUT2D eigenvalue weighted by atomic mass is 10.0. The van der Waals surface area contributed by atoms with Crippen LogP contribution in [0.4, 0.5) is 0 Å². The highest BCUT2D eigenvalue weighted by molar-refractivity contribution is 4.78. The molecule has 0 saturated carbocycles. The molecule has 1 N–H and O–H groups in total. The normalized spacial score (nSPS) is 23.2. The van der Waals surface area contributed by atoms with Crippen LogP contribution in [0.5, 0.6) is 0 Å². The maximum absolute atomic E-state index is 5.16. The third kappa shape index (κ3) is 4.96. The number of likely N-dealkylation sites (tertiary alicyclic amines) is 1. The van der Waals surface area contributed by atoms with Gasteiger partial charge in [0.25, 0.3) is 0 Å². The summed E-state index contributed by atoms with van der Waals surface area (Å²) in [4.78, 5) is 2.58. The van der Waals surface area contributed by atoms with Gasteiger partial charge in [0.15, 0.2) is 0 Å². The van der Waals surface area contributed by atoms with Crippen LogP contribution in [-0.2, 0) is 4.74 Å². The Morgan fingerprint density at radius 1 is 1.40 bits per heavy atom. The van der Waals surface area contributed by atoms with E-state index in [-0.39, 0.29) is 0 Å². The lowest BCUT2D eigenvalue weighted by Crippen LogP contribution is -2.46. The van der Waals surface area contributed by atoms with Gasteiger partial charge in [-0.3, -0.25) is 4.90 Å². The number of nitrogens with zero attached hydrogens (tertiary/aromatic N) is 1. The van der Waals surface area contributed by atoms with Gasteiger partial charge >= 0.3 is 0 Å². The van der Waals surface area contributed by atoms with Crippen LogP contribution in [0.3, 0.4) is 0 Å². The first-order chi connectivity index (χ1) is 7.38. The fraction of sp³-hybridized carbons (Fsp3) is 1.00. The highest BCUT2D eigenvalue weighted by Crippen LogP contribution is 2.15. The Labute approximate surface area is 94.2 Å². The van der Waals surface area contributed by atoms with Gasteiger partial charge < -0.3 is 10.1 Å². The molecule has 1 unspecified atom stereocenters. The Morgan fingerprint density at radius 2 is 2.27 bits per heavy atom. The molecule has 1 rings (SSSR count). The summed E-state index contributed by atoms with van der Waals surface area (Å²) in [6.07, 6.45) is 5.32. The second-order valence-electron chi connectivity index (χ2n) is 4.38. The fourth-order valence-corrected chi connectivity index (χ4v) is 2.24. The second kappa shape index (κ2) is 8.08. The van der Waals surface area contributed by atoms with Crippen molar-refractivity contribution in [2.45, 2.75) is 38.6 Å².